The van der Waals surface area contributed by atoms with Crippen LogP contribution in [0.5, 0.6) is 11.6 Å². The molecule has 0 unspecified atom stereocenters. The molecule has 1 N–H and O–H groups in total. The first kappa shape index (κ1) is 14.2. The molecule has 1 saturated heterocycles. The number of amides is 2. The molecule has 0 saturated carbocycles. The number of pyridine rings is 1. The van der Waals surface area contributed by atoms with Crippen molar-refractivity contribution in [2.45, 2.75) is 6.10 Å². The Hall–Kier alpha value is -2.76. The maximum atomic E-state index is 12.1. The van der Waals surface area contributed by atoms with Crippen LogP contribution in [-0.4, -0.2) is 42.2 Å². The van der Waals surface area contributed by atoms with E-state index in [0.717, 1.165) is 0 Å². The smallest absolute Gasteiger partial charge is 0.322 e. The van der Waals surface area contributed by atoms with Gasteiger partial charge in [-0.1, -0.05) is 18.2 Å². The molecule has 1 aromatic carbocycles. The molecule has 2 heterocycles. The molecule has 0 aliphatic carbocycles. The van der Waals surface area contributed by atoms with Gasteiger partial charge in [-0.2, -0.15) is 0 Å². The quantitative estimate of drug-likeness (QED) is 0.941. The van der Waals surface area contributed by atoms with E-state index in [1.807, 2.05) is 24.3 Å². The predicted molar refractivity (Wildman–Crippen MR) is 82.2 cm³/mol. The summed E-state index contributed by atoms with van der Waals surface area (Å²) in [5.74, 6) is 1.22. The second kappa shape index (κ2) is 6.34. The summed E-state index contributed by atoms with van der Waals surface area (Å²) >= 11 is 0. The first-order chi connectivity index (χ1) is 10.8. The summed E-state index contributed by atoms with van der Waals surface area (Å²) in [6, 6.07) is 12.7. The van der Waals surface area contributed by atoms with Crippen molar-refractivity contribution < 1.29 is 14.3 Å². The summed E-state index contributed by atoms with van der Waals surface area (Å²) in [5, 5.41) is 2.84. The van der Waals surface area contributed by atoms with Gasteiger partial charge >= 0.3 is 6.03 Å². The van der Waals surface area contributed by atoms with Gasteiger partial charge in [-0.05, 0) is 18.2 Å². The highest BCUT2D eigenvalue weighted by molar-refractivity contribution is 5.91. The van der Waals surface area contributed by atoms with Crippen LogP contribution in [0.4, 0.5) is 10.5 Å². The summed E-state index contributed by atoms with van der Waals surface area (Å²) in [7, 11) is 1.57. The first-order valence-corrected chi connectivity index (χ1v) is 7.03. The summed E-state index contributed by atoms with van der Waals surface area (Å²) in [5.41, 5.74) is 0.657. The van der Waals surface area contributed by atoms with Gasteiger partial charge in [0, 0.05) is 12.3 Å². The van der Waals surface area contributed by atoms with Crippen molar-refractivity contribution in [1.82, 2.24) is 9.88 Å². The number of para-hydroxylation sites is 2. The summed E-state index contributed by atoms with van der Waals surface area (Å²) in [4.78, 5) is 17.9. The van der Waals surface area contributed by atoms with Gasteiger partial charge < -0.3 is 19.7 Å². The number of ether oxygens (including phenoxy) is 2. The fraction of sp³-hybridized carbons (Fsp3) is 0.250. The van der Waals surface area contributed by atoms with Gasteiger partial charge in [0.15, 0.2) is 0 Å². The fourth-order valence-corrected chi connectivity index (χ4v) is 2.21. The van der Waals surface area contributed by atoms with Crippen molar-refractivity contribution >= 4 is 11.7 Å². The maximum absolute atomic E-state index is 12.1. The number of carbonyl (C=O) groups excluding carboxylic acids is 1. The van der Waals surface area contributed by atoms with Gasteiger partial charge in [0.05, 0.1) is 25.9 Å². The lowest BCUT2D eigenvalue weighted by molar-refractivity contribution is 0.0461. The van der Waals surface area contributed by atoms with Crippen molar-refractivity contribution in [3.8, 4) is 11.6 Å². The highest BCUT2D eigenvalue weighted by Gasteiger charge is 2.32. The molecule has 1 aliphatic heterocycles. The third kappa shape index (κ3) is 3.11. The summed E-state index contributed by atoms with van der Waals surface area (Å²) < 4.78 is 10.9. The van der Waals surface area contributed by atoms with Crippen molar-refractivity contribution in [2.75, 3.05) is 25.5 Å². The SMILES string of the molecule is COc1ccccc1NC(=O)N1CC(Oc2ccccn2)C1. The van der Waals surface area contributed by atoms with Gasteiger partial charge in [0.1, 0.15) is 11.9 Å². The Bertz CT molecular complexity index is 642. The standard InChI is InChI=1S/C16H17N3O3/c1-21-14-7-3-2-6-13(14)18-16(20)19-10-12(11-19)22-15-8-4-5-9-17-15/h2-9,12H,10-11H2,1H3,(H,18,20). The van der Waals surface area contributed by atoms with Crippen LogP contribution in [0.15, 0.2) is 48.7 Å². The van der Waals surface area contributed by atoms with Crippen molar-refractivity contribution in [3.63, 3.8) is 0 Å². The number of likely N-dealkylation sites (tertiary alicyclic amines) is 1. The molecule has 6 heteroatoms. The molecular weight excluding hydrogens is 282 g/mol. The molecule has 2 amide bonds. The van der Waals surface area contributed by atoms with Crippen LogP contribution in [0.25, 0.3) is 0 Å². The van der Waals surface area contributed by atoms with E-state index < -0.39 is 0 Å². The zero-order valence-electron chi connectivity index (χ0n) is 12.2. The van der Waals surface area contributed by atoms with E-state index in [2.05, 4.69) is 10.3 Å². The van der Waals surface area contributed by atoms with E-state index in [9.17, 15) is 4.79 Å². The number of carbonyl (C=O) groups is 1. The molecule has 0 radical (unpaired) electrons. The number of aromatic nitrogens is 1. The summed E-state index contributed by atoms with van der Waals surface area (Å²) in [6.45, 7) is 1.08. The zero-order chi connectivity index (χ0) is 15.4. The molecule has 1 aliphatic rings. The van der Waals surface area contributed by atoms with Crippen LogP contribution in [0, 0.1) is 0 Å². The van der Waals surface area contributed by atoms with Gasteiger partial charge in [-0.15, -0.1) is 0 Å². The molecule has 1 fully saturated rings. The third-order valence-electron chi connectivity index (χ3n) is 3.41. The number of methoxy groups -OCH3 is 1. The molecule has 0 spiro atoms. The van der Waals surface area contributed by atoms with E-state index in [-0.39, 0.29) is 12.1 Å². The van der Waals surface area contributed by atoms with Crippen molar-refractivity contribution in [2.24, 2.45) is 0 Å². The number of hydrogen-bond donors (Lipinski definition) is 1. The second-order valence-electron chi connectivity index (χ2n) is 4.94. The topological polar surface area (TPSA) is 63.7 Å². The Balaban J connectivity index is 1.51. The van der Waals surface area contributed by atoms with Gasteiger partial charge in [0.2, 0.25) is 5.88 Å². The maximum Gasteiger partial charge on any atom is 0.322 e. The minimum atomic E-state index is -0.162. The molecule has 22 heavy (non-hydrogen) atoms. The fourth-order valence-electron chi connectivity index (χ4n) is 2.21. The molecule has 1 aromatic heterocycles. The van der Waals surface area contributed by atoms with Crippen LogP contribution in [-0.2, 0) is 0 Å². The molecule has 2 aromatic rings. The number of hydrogen-bond acceptors (Lipinski definition) is 4. The molecule has 3 rings (SSSR count). The lowest BCUT2D eigenvalue weighted by Crippen LogP contribution is -2.57. The lowest BCUT2D eigenvalue weighted by atomic mass is 10.2. The Morgan fingerprint density at radius 2 is 2.00 bits per heavy atom. The van der Waals surface area contributed by atoms with E-state index in [1.54, 1.807) is 36.4 Å². The Morgan fingerprint density at radius 3 is 2.73 bits per heavy atom. The van der Waals surface area contributed by atoms with Crippen molar-refractivity contribution in [3.05, 3.63) is 48.7 Å². The monoisotopic (exact) mass is 299 g/mol. The molecule has 6 nitrogen and oxygen atoms in total. The Morgan fingerprint density at radius 1 is 1.23 bits per heavy atom. The summed E-state index contributed by atoms with van der Waals surface area (Å²) in [6.07, 6.45) is 1.67. The number of nitrogens with one attached hydrogen (secondary N) is 1. The highest BCUT2D eigenvalue weighted by atomic mass is 16.5. The minimum Gasteiger partial charge on any atom is -0.495 e. The van der Waals surface area contributed by atoms with E-state index in [1.165, 1.54) is 0 Å². The number of rotatable bonds is 4. The number of nitrogens with zero attached hydrogens (tertiary/aromatic N) is 2. The molecule has 0 atom stereocenters. The van der Waals surface area contributed by atoms with Gasteiger partial charge in [0.25, 0.3) is 0 Å². The number of anilines is 1. The van der Waals surface area contributed by atoms with Crippen LogP contribution < -0.4 is 14.8 Å². The van der Waals surface area contributed by atoms with Crippen molar-refractivity contribution in [1.29, 1.82) is 0 Å². The number of benzene rings is 1. The highest BCUT2D eigenvalue weighted by Crippen LogP contribution is 2.24. The van der Waals surface area contributed by atoms with Gasteiger partial charge in [-0.3, -0.25) is 0 Å². The molecule has 0 bridgehead atoms. The van der Waals surface area contributed by atoms with E-state index >= 15 is 0 Å². The molecule has 114 valence electrons. The average Bonchev–Trinajstić information content (AvgIpc) is 2.52. The Labute approximate surface area is 128 Å². The largest absolute Gasteiger partial charge is 0.495 e. The second-order valence-corrected chi connectivity index (χ2v) is 4.94. The third-order valence-corrected chi connectivity index (χ3v) is 3.41. The number of urea groups is 1. The lowest BCUT2D eigenvalue weighted by Gasteiger charge is -2.38. The first-order valence-electron chi connectivity index (χ1n) is 7.03. The Kier molecular flexibility index (Phi) is 4.09. The van der Waals surface area contributed by atoms with Crippen LogP contribution in [0.2, 0.25) is 0 Å². The van der Waals surface area contributed by atoms with E-state index in [0.29, 0.717) is 30.4 Å². The van der Waals surface area contributed by atoms with Gasteiger partial charge in [-0.25, -0.2) is 9.78 Å². The van der Waals surface area contributed by atoms with Crippen LogP contribution in [0.1, 0.15) is 0 Å². The van der Waals surface area contributed by atoms with Crippen LogP contribution in [0.3, 0.4) is 0 Å². The minimum absolute atomic E-state index is 0.0154. The zero-order valence-corrected chi connectivity index (χ0v) is 12.2. The molecular formula is C16H17N3O3. The van der Waals surface area contributed by atoms with E-state index in [4.69, 9.17) is 9.47 Å². The normalized spacial score (nSPS) is 14.1. The average molecular weight is 299 g/mol. The predicted octanol–water partition coefficient (Wildman–Crippen LogP) is 2.39. The van der Waals surface area contributed by atoms with Crippen LogP contribution >= 0.6 is 0 Å².